The predicted molar refractivity (Wildman–Crippen MR) is 55.3 cm³/mol. The van der Waals surface area contributed by atoms with E-state index in [0.29, 0.717) is 19.1 Å². The lowest BCUT2D eigenvalue weighted by atomic mass is 9.81. The van der Waals surface area contributed by atoms with Crippen molar-refractivity contribution in [2.45, 2.75) is 33.6 Å². The van der Waals surface area contributed by atoms with Gasteiger partial charge in [-0.05, 0) is 24.2 Å². The van der Waals surface area contributed by atoms with E-state index in [4.69, 9.17) is 10.5 Å². The molecule has 4 heteroatoms. The van der Waals surface area contributed by atoms with Gasteiger partial charge in [0.1, 0.15) is 13.2 Å². The van der Waals surface area contributed by atoms with Gasteiger partial charge in [0.2, 0.25) is 0 Å². The number of rotatable bonds is 7. The van der Waals surface area contributed by atoms with E-state index < -0.39 is 0 Å². The SMILES string of the molecule is C[C@H](COC#N)CC(C)(C)CCOC#N. The molecule has 0 bridgehead atoms. The van der Waals surface area contributed by atoms with Crippen LogP contribution in [0.4, 0.5) is 0 Å². The molecular formula is C11H18N2O2. The highest BCUT2D eigenvalue weighted by Crippen LogP contribution is 2.29. The van der Waals surface area contributed by atoms with Gasteiger partial charge in [-0.1, -0.05) is 20.8 Å². The Hall–Kier alpha value is -1.42. The molecule has 4 nitrogen and oxygen atoms in total. The molecular weight excluding hydrogens is 192 g/mol. The van der Waals surface area contributed by atoms with Crippen LogP contribution >= 0.6 is 0 Å². The van der Waals surface area contributed by atoms with E-state index in [9.17, 15) is 0 Å². The summed E-state index contributed by atoms with van der Waals surface area (Å²) in [6.07, 6.45) is 5.11. The maximum absolute atomic E-state index is 8.26. The summed E-state index contributed by atoms with van der Waals surface area (Å²) in [6.45, 7) is 7.20. The monoisotopic (exact) mass is 210 g/mol. The van der Waals surface area contributed by atoms with Crippen molar-refractivity contribution in [2.75, 3.05) is 13.2 Å². The van der Waals surface area contributed by atoms with Crippen molar-refractivity contribution in [3.05, 3.63) is 0 Å². The molecule has 0 amide bonds. The summed E-state index contributed by atoms with van der Waals surface area (Å²) in [7, 11) is 0. The molecule has 0 aromatic carbocycles. The molecule has 0 aliphatic carbocycles. The van der Waals surface area contributed by atoms with Crippen LogP contribution in [0.25, 0.3) is 0 Å². The quantitative estimate of drug-likeness (QED) is 0.478. The van der Waals surface area contributed by atoms with E-state index in [0.717, 1.165) is 12.8 Å². The molecule has 0 unspecified atom stereocenters. The van der Waals surface area contributed by atoms with Gasteiger partial charge in [-0.2, -0.15) is 10.5 Å². The zero-order valence-electron chi connectivity index (χ0n) is 9.62. The van der Waals surface area contributed by atoms with Crippen molar-refractivity contribution in [1.29, 1.82) is 10.5 Å². The Kier molecular flexibility index (Phi) is 6.29. The van der Waals surface area contributed by atoms with Crippen molar-refractivity contribution in [2.24, 2.45) is 11.3 Å². The first-order chi connectivity index (χ1) is 7.02. The summed E-state index contributed by atoms with van der Waals surface area (Å²) in [6, 6.07) is 0. The largest absolute Gasteiger partial charge is 0.427 e. The van der Waals surface area contributed by atoms with Crippen LogP contribution in [0.2, 0.25) is 0 Å². The van der Waals surface area contributed by atoms with Gasteiger partial charge in [-0.3, -0.25) is 0 Å². The molecule has 0 aliphatic rings. The van der Waals surface area contributed by atoms with Gasteiger partial charge in [0.15, 0.2) is 0 Å². The van der Waals surface area contributed by atoms with Crippen LogP contribution in [0.1, 0.15) is 33.6 Å². The maximum Gasteiger partial charge on any atom is 0.286 e. The molecule has 0 spiro atoms. The minimum atomic E-state index is 0.106. The lowest BCUT2D eigenvalue weighted by molar-refractivity contribution is 0.142. The van der Waals surface area contributed by atoms with E-state index in [2.05, 4.69) is 23.3 Å². The Labute approximate surface area is 91.4 Å². The molecule has 0 rings (SSSR count). The molecule has 0 fully saturated rings. The summed E-state index contributed by atoms with van der Waals surface area (Å²) in [5.41, 5.74) is 0.106. The third-order valence-corrected chi connectivity index (χ3v) is 2.28. The molecule has 0 aromatic heterocycles. The van der Waals surface area contributed by atoms with Crippen LogP contribution < -0.4 is 0 Å². The molecule has 15 heavy (non-hydrogen) atoms. The number of nitriles is 2. The summed E-state index contributed by atoms with van der Waals surface area (Å²) < 4.78 is 9.34. The van der Waals surface area contributed by atoms with E-state index in [1.165, 1.54) is 0 Å². The fourth-order valence-electron chi connectivity index (χ4n) is 1.66. The third-order valence-electron chi connectivity index (χ3n) is 2.28. The fourth-order valence-corrected chi connectivity index (χ4v) is 1.66. The van der Waals surface area contributed by atoms with Crippen molar-refractivity contribution in [1.82, 2.24) is 0 Å². The van der Waals surface area contributed by atoms with E-state index in [1.54, 1.807) is 12.5 Å². The van der Waals surface area contributed by atoms with Crippen LogP contribution in [0.3, 0.4) is 0 Å². The molecule has 1 atom stereocenters. The topological polar surface area (TPSA) is 66.0 Å². The summed E-state index contributed by atoms with van der Waals surface area (Å²) in [5.74, 6) is 0.335. The maximum atomic E-state index is 8.26. The third kappa shape index (κ3) is 7.64. The van der Waals surface area contributed by atoms with E-state index >= 15 is 0 Å². The Morgan fingerprint density at radius 2 is 1.80 bits per heavy atom. The molecule has 0 radical (unpaired) electrons. The van der Waals surface area contributed by atoms with Gasteiger partial charge >= 0.3 is 0 Å². The average molecular weight is 210 g/mol. The number of hydrogen-bond acceptors (Lipinski definition) is 4. The zero-order chi connectivity index (χ0) is 11.7. The highest BCUT2D eigenvalue weighted by Gasteiger charge is 2.21. The van der Waals surface area contributed by atoms with Crippen LogP contribution in [0.15, 0.2) is 0 Å². The summed E-state index contributed by atoms with van der Waals surface area (Å²) in [4.78, 5) is 0. The van der Waals surface area contributed by atoms with Gasteiger partial charge in [0, 0.05) is 0 Å². The summed E-state index contributed by atoms with van der Waals surface area (Å²) in [5, 5.41) is 16.5. The molecule has 0 N–H and O–H groups in total. The number of nitrogens with zero attached hydrogens (tertiary/aromatic N) is 2. The lowest BCUT2D eigenvalue weighted by Crippen LogP contribution is -2.19. The van der Waals surface area contributed by atoms with E-state index in [-0.39, 0.29) is 5.41 Å². The number of ether oxygens (including phenoxy) is 2. The smallest absolute Gasteiger partial charge is 0.286 e. The second kappa shape index (κ2) is 6.95. The minimum Gasteiger partial charge on any atom is -0.427 e. The Bertz CT molecular complexity index is 250. The van der Waals surface area contributed by atoms with Crippen molar-refractivity contribution < 1.29 is 9.47 Å². The van der Waals surface area contributed by atoms with Gasteiger partial charge in [-0.25, -0.2) is 0 Å². The predicted octanol–water partition coefficient (Wildman–Crippen LogP) is 2.42. The van der Waals surface area contributed by atoms with Crippen molar-refractivity contribution >= 4 is 0 Å². The highest BCUT2D eigenvalue weighted by molar-refractivity contribution is 4.72. The normalized spacial score (nSPS) is 12.3. The minimum absolute atomic E-state index is 0.106. The first kappa shape index (κ1) is 13.6. The first-order valence-electron chi connectivity index (χ1n) is 5.03. The van der Waals surface area contributed by atoms with Crippen LogP contribution in [-0.2, 0) is 9.47 Å². The Morgan fingerprint density at radius 3 is 2.33 bits per heavy atom. The molecule has 0 heterocycles. The van der Waals surface area contributed by atoms with Gasteiger partial charge in [0.05, 0.1) is 0 Å². The molecule has 0 aliphatic heterocycles. The fraction of sp³-hybridized carbons (Fsp3) is 0.818. The molecule has 0 aromatic rings. The first-order valence-corrected chi connectivity index (χ1v) is 5.03. The average Bonchev–Trinajstić information content (AvgIpc) is 2.14. The molecule has 0 saturated carbocycles. The molecule has 0 saturated heterocycles. The van der Waals surface area contributed by atoms with Gasteiger partial charge in [-0.15, -0.1) is 0 Å². The Morgan fingerprint density at radius 1 is 1.20 bits per heavy atom. The van der Waals surface area contributed by atoms with Gasteiger partial charge in [0.25, 0.3) is 12.5 Å². The highest BCUT2D eigenvalue weighted by atomic mass is 16.5. The van der Waals surface area contributed by atoms with E-state index in [1.807, 2.05) is 6.92 Å². The van der Waals surface area contributed by atoms with Crippen molar-refractivity contribution in [3.63, 3.8) is 0 Å². The van der Waals surface area contributed by atoms with Crippen molar-refractivity contribution in [3.8, 4) is 12.5 Å². The molecule has 84 valence electrons. The van der Waals surface area contributed by atoms with Gasteiger partial charge < -0.3 is 9.47 Å². The zero-order valence-corrected chi connectivity index (χ0v) is 9.62. The standard InChI is InChI=1S/C11H18N2O2/c1-10(7-15-9-13)6-11(2,3)4-5-14-8-12/h10H,4-7H2,1-3H3/t10-/m0/s1. The van der Waals surface area contributed by atoms with Crippen LogP contribution in [0.5, 0.6) is 0 Å². The lowest BCUT2D eigenvalue weighted by Gasteiger charge is -2.26. The second-order valence-electron chi connectivity index (χ2n) is 4.57. The second-order valence-corrected chi connectivity index (χ2v) is 4.57. The Balaban J connectivity index is 3.81. The summed E-state index contributed by atoms with van der Waals surface area (Å²) >= 11 is 0. The van der Waals surface area contributed by atoms with Crippen LogP contribution in [-0.4, -0.2) is 13.2 Å². The van der Waals surface area contributed by atoms with Crippen LogP contribution in [0, 0.1) is 34.4 Å². The number of hydrogen-bond donors (Lipinski definition) is 0.